The molecular weight excluding hydrogens is 518 g/mol. The highest BCUT2D eigenvalue weighted by molar-refractivity contribution is 5.94. The summed E-state index contributed by atoms with van der Waals surface area (Å²) in [6.45, 7) is 0. The van der Waals surface area contributed by atoms with Crippen LogP contribution in [0, 0.1) is 0 Å². The number of fused-ring (bicyclic) bond motifs is 2. The van der Waals surface area contributed by atoms with Gasteiger partial charge in [-0.3, -0.25) is 9.36 Å². The van der Waals surface area contributed by atoms with Gasteiger partial charge in [0.25, 0.3) is 5.91 Å². The normalized spacial score (nSPS) is 14.2. The van der Waals surface area contributed by atoms with Gasteiger partial charge in [0, 0.05) is 36.5 Å². The van der Waals surface area contributed by atoms with E-state index in [-0.39, 0.29) is 11.9 Å². The second-order valence-electron chi connectivity index (χ2n) is 9.71. The highest BCUT2D eigenvalue weighted by Gasteiger charge is 2.26. The number of anilines is 1. The Morgan fingerprint density at radius 1 is 1.05 bits per heavy atom. The highest BCUT2D eigenvalue weighted by Crippen LogP contribution is 2.36. The van der Waals surface area contributed by atoms with Crippen molar-refractivity contribution in [1.29, 1.82) is 0 Å². The van der Waals surface area contributed by atoms with Crippen molar-refractivity contribution in [3.8, 4) is 28.8 Å². The van der Waals surface area contributed by atoms with Gasteiger partial charge in [0.15, 0.2) is 17.3 Å². The van der Waals surface area contributed by atoms with Crippen molar-refractivity contribution >= 4 is 22.9 Å². The van der Waals surface area contributed by atoms with E-state index in [9.17, 15) is 4.79 Å². The van der Waals surface area contributed by atoms with Crippen molar-refractivity contribution in [2.45, 2.75) is 18.9 Å². The minimum absolute atomic E-state index is 0.105. The summed E-state index contributed by atoms with van der Waals surface area (Å²) >= 11 is 0. The average Bonchev–Trinajstić information content (AvgIpc) is 3.76. The number of hydrogen-bond acceptors (Lipinski definition) is 8. The zero-order valence-electron chi connectivity index (χ0n) is 22.1. The van der Waals surface area contributed by atoms with Crippen LogP contribution in [0.15, 0.2) is 85.5 Å². The molecule has 202 valence electrons. The van der Waals surface area contributed by atoms with Gasteiger partial charge in [0.1, 0.15) is 11.3 Å². The van der Waals surface area contributed by atoms with Crippen molar-refractivity contribution in [2.75, 3.05) is 12.8 Å². The van der Waals surface area contributed by atoms with Crippen molar-refractivity contribution in [1.82, 2.24) is 39.6 Å². The van der Waals surface area contributed by atoms with Crippen molar-refractivity contribution in [3.63, 3.8) is 0 Å². The number of carbonyl (C=O) groups excluding carboxylic acids is 1. The van der Waals surface area contributed by atoms with Gasteiger partial charge in [-0.15, -0.1) is 0 Å². The van der Waals surface area contributed by atoms with E-state index < -0.39 is 0 Å². The van der Waals surface area contributed by atoms with E-state index in [4.69, 9.17) is 20.4 Å². The molecule has 11 heteroatoms. The van der Waals surface area contributed by atoms with E-state index in [2.05, 4.69) is 32.5 Å². The third kappa shape index (κ3) is 4.33. The maximum atomic E-state index is 12.9. The number of ether oxygens (including phenoxy) is 1. The fourth-order valence-corrected chi connectivity index (χ4v) is 5.28. The minimum atomic E-state index is -0.174. The molecule has 1 aliphatic carbocycles. The van der Waals surface area contributed by atoms with Crippen LogP contribution in [0.5, 0.6) is 5.88 Å². The van der Waals surface area contributed by atoms with E-state index in [0.717, 1.165) is 35.2 Å². The summed E-state index contributed by atoms with van der Waals surface area (Å²) in [4.78, 5) is 31.2. The van der Waals surface area contributed by atoms with Crippen LogP contribution in [0.1, 0.15) is 33.9 Å². The Labute approximate surface area is 234 Å². The summed E-state index contributed by atoms with van der Waals surface area (Å²) < 4.78 is 8.81. The lowest BCUT2D eigenvalue weighted by Gasteiger charge is -2.16. The monoisotopic (exact) mass is 543 g/mol. The van der Waals surface area contributed by atoms with Gasteiger partial charge >= 0.3 is 0 Å². The number of aryl methyl sites for hydroxylation is 1. The smallest absolute Gasteiger partial charge is 0.253 e. The van der Waals surface area contributed by atoms with Crippen LogP contribution >= 0.6 is 0 Å². The Hall–Kier alpha value is -5.58. The molecule has 0 fully saturated rings. The average molecular weight is 544 g/mol. The first-order valence-electron chi connectivity index (χ1n) is 13.1. The molecule has 1 aliphatic rings. The summed E-state index contributed by atoms with van der Waals surface area (Å²) in [6.07, 6.45) is 8.35. The Bertz CT molecular complexity index is 1900. The Kier molecular flexibility index (Phi) is 5.89. The maximum Gasteiger partial charge on any atom is 0.253 e. The number of nitrogens with zero attached hydrogens (tertiary/aromatic N) is 7. The molecule has 0 radical (unpaired) electrons. The van der Waals surface area contributed by atoms with E-state index in [0.29, 0.717) is 40.1 Å². The molecule has 0 spiro atoms. The lowest BCUT2D eigenvalue weighted by molar-refractivity contribution is 0.0936. The number of methoxy groups -OCH3 is 1. The Morgan fingerprint density at radius 3 is 2.76 bits per heavy atom. The molecule has 1 aromatic carbocycles. The van der Waals surface area contributed by atoms with Crippen LogP contribution in [0.4, 0.5) is 5.82 Å². The Balaban J connectivity index is 1.28. The van der Waals surface area contributed by atoms with Crippen LogP contribution in [0.25, 0.3) is 34.1 Å². The molecule has 0 unspecified atom stereocenters. The van der Waals surface area contributed by atoms with Crippen LogP contribution in [-0.2, 0) is 6.42 Å². The van der Waals surface area contributed by atoms with Gasteiger partial charge in [-0.05, 0) is 72.5 Å². The van der Waals surface area contributed by atoms with Gasteiger partial charge in [-0.2, -0.15) is 5.10 Å². The number of pyridine rings is 3. The zero-order valence-corrected chi connectivity index (χ0v) is 22.1. The van der Waals surface area contributed by atoms with E-state index in [1.807, 2.05) is 47.2 Å². The second kappa shape index (κ2) is 9.87. The standard InChI is InChI=1S/C30H25N9O2/c1-41-26-12-6-19(17-33-26)30(40)36-23-9-5-18-16-20(7-8-21(18)23)39-28(22-4-2-13-32-27(22)31)35-24-10-11-25(37-29(24)39)38-15-3-14-34-38/h2-4,6-8,10-17,23H,5,9H2,1H3,(H2,31,32)(H,36,40)/t23-/m0/s1. The zero-order chi connectivity index (χ0) is 27.9. The Morgan fingerprint density at radius 2 is 1.98 bits per heavy atom. The number of rotatable bonds is 6. The van der Waals surface area contributed by atoms with Gasteiger partial charge in [0.05, 0.1) is 24.3 Å². The second-order valence-corrected chi connectivity index (χ2v) is 9.71. The molecule has 7 rings (SSSR count). The van der Waals surface area contributed by atoms with Crippen molar-refractivity contribution in [2.24, 2.45) is 0 Å². The van der Waals surface area contributed by atoms with Gasteiger partial charge in [0.2, 0.25) is 5.88 Å². The number of carbonyl (C=O) groups is 1. The maximum absolute atomic E-state index is 12.9. The summed E-state index contributed by atoms with van der Waals surface area (Å²) in [7, 11) is 1.54. The molecule has 0 saturated heterocycles. The molecule has 5 aromatic heterocycles. The van der Waals surface area contributed by atoms with Crippen LogP contribution in [0.2, 0.25) is 0 Å². The topological polar surface area (TPSA) is 139 Å². The van der Waals surface area contributed by atoms with E-state index in [1.165, 1.54) is 6.20 Å². The van der Waals surface area contributed by atoms with Crippen molar-refractivity contribution in [3.05, 3.63) is 102 Å². The molecule has 1 atom stereocenters. The lowest BCUT2D eigenvalue weighted by atomic mass is 10.1. The van der Waals surface area contributed by atoms with Crippen LogP contribution in [0.3, 0.4) is 0 Å². The molecule has 6 aromatic rings. The molecule has 0 aliphatic heterocycles. The van der Waals surface area contributed by atoms with Gasteiger partial charge < -0.3 is 15.8 Å². The number of hydrogen-bond donors (Lipinski definition) is 2. The SMILES string of the molecule is COc1ccc(C(=O)N[C@H]2CCc3cc(-n4c(-c5cccnc5N)nc5ccc(-n6cccn6)nc54)ccc32)cn1. The minimum Gasteiger partial charge on any atom is -0.481 e. The largest absolute Gasteiger partial charge is 0.481 e. The molecule has 3 N–H and O–H groups in total. The number of nitrogens with one attached hydrogen (secondary N) is 1. The molecular formula is C30H25N9O2. The predicted octanol–water partition coefficient (Wildman–Crippen LogP) is 4.07. The molecule has 5 heterocycles. The van der Waals surface area contributed by atoms with E-state index in [1.54, 1.807) is 36.3 Å². The quantitative estimate of drug-likeness (QED) is 0.321. The number of imidazole rings is 1. The summed E-state index contributed by atoms with van der Waals surface area (Å²) in [5.74, 6) is 1.99. The fourth-order valence-electron chi connectivity index (χ4n) is 5.28. The van der Waals surface area contributed by atoms with Crippen LogP contribution in [-0.4, -0.2) is 47.3 Å². The summed E-state index contributed by atoms with van der Waals surface area (Å²) in [5, 5.41) is 7.49. The van der Waals surface area contributed by atoms with E-state index >= 15 is 0 Å². The first kappa shape index (κ1) is 24.5. The summed E-state index contributed by atoms with van der Waals surface area (Å²) in [6, 6.07) is 18.9. The number of aromatic nitrogens is 7. The molecule has 41 heavy (non-hydrogen) atoms. The number of benzene rings is 1. The van der Waals surface area contributed by atoms with Crippen LogP contribution < -0.4 is 15.8 Å². The van der Waals surface area contributed by atoms with Gasteiger partial charge in [-0.1, -0.05) is 6.07 Å². The highest BCUT2D eigenvalue weighted by atomic mass is 16.5. The first-order chi connectivity index (χ1) is 20.1. The van der Waals surface area contributed by atoms with Crippen molar-refractivity contribution < 1.29 is 9.53 Å². The lowest BCUT2D eigenvalue weighted by Crippen LogP contribution is -2.27. The third-order valence-electron chi connectivity index (χ3n) is 7.28. The third-order valence-corrected chi connectivity index (χ3v) is 7.28. The molecule has 11 nitrogen and oxygen atoms in total. The fraction of sp³-hybridized carbons (Fsp3) is 0.133. The number of amides is 1. The molecule has 0 saturated carbocycles. The first-order valence-corrected chi connectivity index (χ1v) is 13.1. The summed E-state index contributed by atoms with van der Waals surface area (Å²) in [5.41, 5.74) is 12.0. The molecule has 0 bridgehead atoms. The number of nitrogen functional groups attached to an aromatic ring is 1. The predicted molar refractivity (Wildman–Crippen MR) is 153 cm³/mol. The van der Waals surface area contributed by atoms with Gasteiger partial charge in [-0.25, -0.2) is 24.6 Å². The molecule has 1 amide bonds. The number of nitrogens with two attached hydrogens (primary N) is 1.